The molecule has 1 saturated carbocycles. The molecule has 0 unspecified atom stereocenters. The minimum Gasteiger partial charge on any atom is -0.503 e. The molecule has 0 radical (unpaired) electrons. The molecule has 38 heavy (non-hydrogen) atoms. The van der Waals surface area contributed by atoms with Gasteiger partial charge in [0, 0.05) is 31.4 Å². The van der Waals surface area contributed by atoms with Gasteiger partial charge in [-0.25, -0.2) is 18.4 Å². The van der Waals surface area contributed by atoms with Crippen molar-refractivity contribution in [2.75, 3.05) is 24.7 Å². The molecule has 9 nitrogen and oxygen atoms in total. The van der Waals surface area contributed by atoms with Crippen molar-refractivity contribution >= 4 is 22.9 Å². The average Bonchev–Trinajstić information content (AvgIpc) is 3.22. The van der Waals surface area contributed by atoms with Gasteiger partial charge >= 0.3 is 6.18 Å². The summed E-state index contributed by atoms with van der Waals surface area (Å²) in [6, 6.07) is -0.350. The van der Waals surface area contributed by atoms with E-state index >= 15 is 0 Å². The van der Waals surface area contributed by atoms with Gasteiger partial charge in [-0.3, -0.25) is 4.79 Å². The van der Waals surface area contributed by atoms with E-state index < -0.39 is 40.7 Å². The highest BCUT2D eigenvalue weighted by atomic mass is 19.4. The Morgan fingerprint density at radius 1 is 1.18 bits per heavy atom. The van der Waals surface area contributed by atoms with Crippen LogP contribution in [0.1, 0.15) is 37.7 Å². The summed E-state index contributed by atoms with van der Waals surface area (Å²) in [5.74, 6) is -5.51. The van der Waals surface area contributed by atoms with E-state index in [1.54, 1.807) is 4.90 Å². The van der Waals surface area contributed by atoms with E-state index in [1.807, 2.05) is 0 Å². The van der Waals surface area contributed by atoms with Gasteiger partial charge in [0.15, 0.2) is 23.0 Å². The lowest BCUT2D eigenvalue weighted by atomic mass is 9.95. The number of rotatable bonds is 4. The quantitative estimate of drug-likeness (QED) is 0.487. The predicted molar refractivity (Wildman–Crippen MR) is 125 cm³/mol. The van der Waals surface area contributed by atoms with E-state index in [1.165, 1.54) is 17.9 Å². The Balaban J connectivity index is 1.50. The van der Waals surface area contributed by atoms with Gasteiger partial charge in [0.05, 0.1) is 24.2 Å². The lowest BCUT2D eigenvalue weighted by Gasteiger charge is -2.35. The number of carbonyl (C=O) groups is 1. The smallest absolute Gasteiger partial charge is 0.419 e. The summed E-state index contributed by atoms with van der Waals surface area (Å²) in [4.78, 5) is 23.5. The number of alkyl halides is 3. The number of halogens is 5. The van der Waals surface area contributed by atoms with Crippen molar-refractivity contribution in [3.63, 3.8) is 0 Å². The van der Waals surface area contributed by atoms with Crippen LogP contribution in [0.2, 0.25) is 0 Å². The van der Waals surface area contributed by atoms with Gasteiger partial charge in [-0.2, -0.15) is 23.3 Å². The average molecular weight is 540 g/mol. The first-order valence-electron chi connectivity index (χ1n) is 12.2. The SMILES string of the molecule is Cn1nc(-c2cc(C(F)(F)F)c(F)c(O)c2F)c2cnc(N3CCOC[C@H]3C(=O)NC3CCCCC3)nc21. The van der Waals surface area contributed by atoms with Gasteiger partial charge in [-0.15, -0.1) is 0 Å². The number of hydrogen-bond acceptors (Lipinski definition) is 7. The number of anilines is 1. The molecule has 5 rings (SSSR count). The third-order valence-electron chi connectivity index (χ3n) is 6.95. The number of nitrogens with zero attached hydrogens (tertiary/aromatic N) is 5. The largest absolute Gasteiger partial charge is 0.503 e. The normalized spacial score (nSPS) is 19.2. The van der Waals surface area contributed by atoms with Crippen molar-refractivity contribution in [3.8, 4) is 17.0 Å². The standard InChI is InChI=1S/C24H25F5N6O3/c1-34-21-14(19(33-34)13-9-15(24(27,28)29)18(26)20(36)17(13)25)10-30-23(32-21)35-7-8-38-11-16(35)22(37)31-12-5-3-2-4-6-12/h9-10,12,16,36H,2-8,11H2,1H3,(H,31,37)/t16-/m0/s1. The lowest BCUT2D eigenvalue weighted by molar-refractivity contribution is -0.140. The zero-order valence-electron chi connectivity index (χ0n) is 20.4. The van der Waals surface area contributed by atoms with Crippen LogP contribution in [0.25, 0.3) is 22.3 Å². The van der Waals surface area contributed by atoms with Gasteiger partial charge in [-0.1, -0.05) is 19.3 Å². The third-order valence-corrected chi connectivity index (χ3v) is 6.95. The molecule has 204 valence electrons. The highest BCUT2D eigenvalue weighted by Crippen LogP contribution is 2.41. The maximum atomic E-state index is 14.7. The predicted octanol–water partition coefficient (Wildman–Crippen LogP) is 3.69. The second-order valence-electron chi connectivity index (χ2n) is 9.45. The molecule has 0 bridgehead atoms. The zero-order valence-corrected chi connectivity index (χ0v) is 20.4. The second-order valence-corrected chi connectivity index (χ2v) is 9.45. The molecule has 1 saturated heterocycles. The Hall–Kier alpha value is -3.55. The zero-order chi connectivity index (χ0) is 27.2. The van der Waals surface area contributed by atoms with E-state index in [0.29, 0.717) is 13.2 Å². The molecule has 2 N–H and O–H groups in total. The summed E-state index contributed by atoms with van der Waals surface area (Å²) in [6.45, 7) is 0.761. The van der Waals surface area contributed by atoms with E-state index in [4.69, 9.17) is 4.74 Å². The molecular weight excluding hydrogens is 515 g/mol. The van der Waals surface area contributed by atoms with Crippen LogP contribution in [0.3, 0.4) is 0 Å². The first kappa shape index (κ1) is 26.1. The molecule has 0 spiro atoms. The van der Waals surface area contributed by atoms with E-state index in [9.17, 15) is 31.9 Å². The first-order valence-corrected chi connectivity index (χ1v) is 12.2. The van der Waals surface area contributed by atoms with Gasteiger partial charge in [0.25, 0.3) is 0 Å². The third kappa shape index (κ3) is 4.72. The van der Waals surface area contributed by atoms with Crippen molar-refractivity contribution in [1.82, 2.24) is 25.1 Å². The molecule has 1 aromatic carbocycles. The number of aromatic hydroxyl groups is 1. The lowest BCUT2D eigenvalue weighted by Crippen LogP contribution is -2.56. The molecule has 3 aromatic rings. The molecule has 2 aliphatic rings. The number of aryl methyl sites for hydroxylation is 1. The molecule has 14 heteroatoms. The molecule has 1 aliphatic heterocycles. The van der Waals surface area contributed by atoms with Gasteiger partial charge in [0.2, 0.25) is 11.9 Å². The van der Waals surface area contributed by atoms with Crippen LogP contribution in [0.5, 0.6) is 5.75 Å². The fourth-order valence-electron chi connectivity index (χ4n) is 4.97. The monoisotopic (exact) mass is 540 g/mol. The number of nitrogens with one attached hydrogen (secondary N) is 1. The summed E-state index contributed by atoms with van der Waals surface area (Å²) in [6.07, 6.45) is 1.13. The Morgan fingerprint density at radius 3 is 2.63 bits per heavy atom. The minimum absolute atomic E-state index is 0.0748. The summed E-state index contributed by atoms with van der Waals surface area (Å²) >= 11 is 0. The van der Waals surface area contributed by atoms with E-state index in [0.717, 1.165) is 32.1 Å². The van der Waals surface area contributed by atoms with Crippen molar-refractivity contribution in [1.29, 1.82) is 0 Å². The maximum Gasteiger partial charge on any atom is 0.419 e. The van der Waals surface area contributed by atoms with E-state index in [2.05, 4.69) is 20.4 Å². The van der Waals surface area contributed by atoms with Crippen molar-refractivity contribution in [2.24, 2.45) is 7.05 Å². The van der Waals surface area contributed by atoms with Crippen molar-refractivity contribution in [3.05, 3.63) is 29.5 Å². The molecular formula is C24H25F5N6O3. The number of phenols is 1. The molecule has 2 fully saturated rings. The highest BCUT2D eigenvalue weighted by molar-refractivity contribution is 5.92. The molecule has 3 heterocycles. The number of aromatic nitrogens is 4. The fourth-order valence-corrected chi connectivity index (χ4v) is 4.97. The van der Waals surface area contributed by atoms with Gasteiger partial charge in [0.1, 0.15) is 11.7 Å². The number of phenolic OH excluding ortho intramolecular Hbond substituents is 1. The number of ether oxygens (including phenoxy) is 1. The number of carbonyl (C=O) groups excluding carboxylic acids is 1. The van der Waals surface area contributed by atoms with Crippen molar-refractivity contribution in [2.45, 2.75) is 50.4 Å². The Labute approximate surface area is 213 Å². The summed E-state index contributed by atoms with van der Waals surface area (Å²) in [5.41, 5.74) is -2.75. The number of morpholine rings is 1. The summed E-state index contributed by atoms with van der Waals surface area (Å²) < 4.78 is 75.4. The topological polar surface area (TPSA) is 105 Å². The number of fused-ring (bicyclic) bond motifs is 1. The van der Waals surface area contributed by atoms with Gasteiger partial charge < -0.3 is 20.1 Å². The van der Waals surface area contributed by atoms with Crippen LogP contribution in [-0.2, 0) is 22.8 Å². The molecule has 1 amide bonds. The molecule has 1 aliphatic carbocycles. The van der Waals surface area contributed by atoms with Crippen molar-refractivity contribution < 1.29 is 36.6 Å². The first-order chi connectivity index (χ1) is 18.1. The van der Waals surface area contributed by atoms with Crippen LogP contribution >= 0.6 is 0 Å². The number of amides is 1. The molecule has 2 aromatic heterocycles. The highest BCUT2D eigenvalue weighted by Gasteiger charge is 2.38. The Kier molecular flexibility index (Phi) is 6.84. The van der Waals surface area contributed by atoms with Crippen LogP contribution < -0.4 is 10.2 Å². The van der Waals surface area contributed by atoms with Crippen LogP contribution in [-0.4, -0.2) is 62.6 Å². The van der Waals surface area contributed by atoms with Gasteiger partial charge in [-0.05, 0) is 18.9 Å². The van der Waals surface area contributed by atoms with Crippen LogP contribution in [0.4, 0.5) is 27.9 Å². The van der Waals surface area contributed by atoms with Crippen LogP contribution in [0, 0.1) is 11.6 Å². The molecule has 1 atom stereocenters. The summed E-state index contributed by atoms with van der Waals surface area (Å²) in [7, 11) is 1.45. The fraction of sp³-hybridized carbons (Fsp3) is 0.500. The summed E-state index contributed by atoms with van der Waals surface area (Å²) in [5, 5.41) is 16.9. The maximum absolute atomic E-state index is 14.7. The van der Waals surface area contributed by atoms with E-state index in [-0.39, 0.29) is 47.3 Å². The van der Waals surface area contributed by atoms with Crippen LogP contribution in [0.15, 0.2) is 12.3 Å². The Bertz CT molecular complexity index is 1370. The Morgan fingerprint density at radius 2 is 1.92 bits per heavy atom. The number of hydrogen-bond donors (Lipinski definition) is 2. The number of benzene rings is 1. The minimum atomic E-state index is -5.18. The second kappa shape index (κ2) is 9.97.